The summed E-state index contributed by atoms with van der Waals surface area (Å²) in [4.78, 5) is 17.9. The van der Waals surface area contributed by atoms with Gasteiger partial charge in [-0.15, -0.1) is 24.5 Å². The fourth-order valence-corrected chi connectivity index (χ4v) is 16.3. The van der Waals surface area contributed by atoms with Crippen LogP contribution in [0, 0.1) is 0 Å². The molecule has 62 valence electrons. The Balaban J connectivity index is 3.79. The molecule has 2 nitrogen and oxygen atoms in total. The van der Waals surface area contributed by atoms with Crippen LogP contribution in [0.3, 0.4) is 0 Å². The van der Waals surface area contributed by atoms with Gasteiger partial charge in [0.15, 0.2) is 9.34 Å². The topological polar surface area (TPSA) is 40.5 Å². The van der Waals surface area contributed by atoms with Crippen molar-refractivity contribution in [2.75, 3.05) is 0 Å². The van der Waals surface area contributed by atoms with Crippen molar-refractivity contribution in [2.24, 2.45) is 0 Å². The van der Waals surface area contributed by atoms with Crippen LogP contribution in [-0.2, 0) is 23.6 Å². The number of rotatable bonds is 3. The summed E-state index contributed by atoms with van der Waals surface area (Å²) in [7, 11) is 1.84. The maximum absolute atomic E-state index is 8.94. The van der Waals surface area contributed by atoms with Crippen molar-refractivity contribution in [1.82, 2.24) is 0 Å². The van der Waals surface area contributed by atoms with Crippen molar-refractivity contribution in [3.63, 3.8) is 0 Å². The van der Waals surface area contributed by atoms with Crippen LogP contribution >= 0.6 is 54.7 Å². The normalized spacial score (nSPS) is 23.2. The number of hydrogen-bond acceptors (Lipinski definition) is 4. The molecule has 2 N–H and O–H groups in total. The molecule has 0 aromatic rings. The largest absolute Gasteiger partial charge is 0.349 e. The minimum atomic E-state index is -2.60. The monoisotopic (exact) mass is 290 g/mol. The van der Waals surface area contributed by atoms with Crippen LogP contribution in [-0.4, -0.2) is 9.79 Å². The molecule has 0 rings (SSSR count). The molecule has 0 aliphatic heterocycles. The summed E-state index contributed by atoms with van der Waals surface area (Å²) in [6, 6.07) is 0. The summed E-state index contributed by atoms with van der Waals surface area (Å²) in [5.41, 5.74) is 0. The van der Waals surface area contributed by atoms with Crippen LogP contribution in [0.25, 0.3) is 0 Å². The smallest absolute Gasteiger partial charge is 0.179 e. The molecular weight excluding hydrogens is 286 g/mol. The summed E-state index contributed by atoms with van der Waals surface area (Å²) < 4.78 is -5.21. The van der Waals surface area contributed by atoms with E-state index in [9.17, 15) is 0 Å². The SMILES string of the molecule is OP(=S)(S)SSP(O)(=S)S. The minimum Gasteiger partial charge on any atom is -0.349 e. The minimum absolute atomic E-state index is 0.922. The van der Waals surface area contributed by atoms with E-state index >= 15 is 0 Å². The van der Waals surface area contributed by atoms with Gasteiger partial charge < -0.3 is 9.79 Å². The highest BCUT2D eigenvalue weighted by Gasteiger charge is 2.14. The number of hydrogen-bond donors (Lipinski definition) is 4. The molecule has 0 saturated carbocycles. The van der Waals surface area contributed by atoms with Gasteiger partial charge in [-0.25, -0.2) is 0 Å². The third kappa shape index (κ3) is 10.6. The number of thiol groups is 2. The first-order valence-corrected chi connectivity index (χ1v) is 12.9. The van der Waals surface area contributed by atoms with E-state index < -0.39 is 9.34 Å². The van der Waals surface area contributed by atoms with E-state index in [1.54, 1.807) is 0 Å². The molecule has 0 fully saturated rings. The molecule has 0 heterocycles. The molecule has 0 radical (unpaired) electrons. The van der Waals surface area contributed by atoms with Gasteiger partial charge in [-0.1, -0.05) is 0 Å². The van der Waals surface area contributed by atoms with E-state index in [-0.39, 0.29) is 0 Å². The van der Waals surface area contributed by atoms with E-state index in [4.69, 9.17) is 9.79 Å². The molecule has 10 heavy (non-hydrogen) atoms. The van der Waals surface area contributed by atoms with Gasteiger partial charge in [0.25, 0.3) is 0 Å². The zero-order valence-corrected chi connectivity index (χ0v) is 11.2. The van der Waals surface area contributed by atoms with Crippen LogP contribution in [0.5, 0.6) is 0 Å². The highest BCUT2D eigenvalue weighted by atomic mass is 33.7. The lowest BCUT2D eigenvalue weighted by Crippen LogP contribution is -1.55. The second-order valence-corrected chi connectivity index (χ2v) is 21.4. The highest BCUT2D eigenvalue weighted by Crippen LogP contribution is 2.76. The van der Waals surface area contributed by atoms with Gasteiger partial charge in [0.05, 0.1) is 0 Å². The van der Waals surface area contributed by atoms with E-state index in [1.165, 1.54) is 0 Å². The van der Waals surface area contributed by atoms with Gasteiger partial charge in [0.2, 0.25) is 0 Å². The van der Waals surface area contributed by atoms with Crippen LogP contribution in [0.1, 0.15) is 0 Å². The average molecular weight is 290 g/mol. The molecule has 2 atom stereocenters. The van der Waals surface area contributed by atoms with Gasteiger partial charge in [-0.2, -0.15) is 0 Å². The van der Waals surface area contributed by atoms with Crippen molar-refractivity contribution in [3.8, 4) is 0 Å². The van der Waals surface area contributed by atoms with E-state index in [1.807, 2.05) is 0 Å². The molecule has 2 unspecified atom stereocenters. The first kappa shape index (κ1) is 12.6. The van der Waals surface area contributed by atoms with Gasteiger partial charge in [-0.3, -0.25) is 0 Å². The predicted molar refractivity (Wildman–Crippen MR) is 66.2 cm³/mol. The zero-order valence-electron chi connectivity index (χ0n) is 4.32. The molecular formula is H4O2P2S6. The Morgan fingerprint density at radius 2 is 1.20 bits per heavy atom. The second kappa shape index (κ2) is 4.74. The molecule has 0 saturated heterocycles. The van der Waals surface area contributed by atoms with Crippen molar-refractivity contribution < 1.29 is 9.79 Å². The Morgan fingerprint density at radius 1 is 1.00 bits per heavy atom. The Hall–Kier alpha value is 2.62. The van der Waals surface area contributed by atoms with Crippen molar-refractivity contribution in [3.05, 3.63) is 0 Å². The summed E-state index contributed by atoms with van der Waals surface area (Å²) in [5, 5.41) is 0. The van der Waals surface area contributed by atoms with Crippen LogP contribution < -0.4 is 0 Å². The summed E-state index contributed by atoms with van der Waals surface area (Å²) in [5.74, 6) is 0. The molecule has 0 aliphatic carbocycles. The Kier molecular flexibility index (Phi) is 5.99. The summed E-state index contributed by atoms with van der Waals surface area (Å²) >= 11 is 16.5. The summed E-state index contributed by atoms with van der Waals surface area (Å²) in [6.45, 7) is 0. The lowest BCUT2D eigenvalue weighted by Gasteiger charge is -2.08. The van der Waals surface area contributed by atoms with E-state index in [2.05, 4.69) is 48.1 Å². The molecule has 0 aromatic carbocycles. The Labute approximate surface area is 87.3 Å². The quantitative estimate of drug-likeness (QED) is 0.364. The third-order valence-corrected chi connectivity index (χ3v) is 14.8. The van der Waals surface area contributed by atoms with E-state index in [0.717, 1.165) is 20.8 Å². The van der Waals surface area contributed by atoms with Gasteiger partial charge >= 0.3 is 0 Å². The average Bonchev–Trinajstić information content (AvgIpc) is 1.57. The van der Waals surface area contributed by atoms with Gasteiger partial charge in [0, 0.05) is 0 Å². The van der Waals surface area contributed by atoms with Crippen LogP contribution in [0.2, 0.25) is 0 Å². The molecule has 0 spiro atoms. The van der Waals surface area contributed by atoms with Crippen molar-refractivity contribution in [2.45, 2.75) is 0 Å². The van der Waals surface area contributed by atoms with Crippen LogP contribution in [0.4, 0.5) is 0 Å². The maximum atomic E-state index is 8.94. The van der Waals surface area contributed by atoms with Gasteiger partial charge in [-0.05, 0) is 44.4 Å². The Morgan fingerprint density at radius 3 is 1.30 bits per heavy atom. The maximum Gasteiger partial charge on any atom is 0.179 e. The lowest BCUT2D eigenvalue weighted by molar-refractivity contribution is 0.653. The fraction of sp³-hybridized carbons (Fsp3) is 0. The summed E-state index contributed by atoms with van der Waals surface area (Å²) in [6.07, 6.45) is 0. The standard InChI is InChI=1S/H4O2P2S6/c1-3(5,6)9-10-4(2,7)8/h(H2,1,5,6)(H2,2,7,8). The molecule has 10 heteroatoms. The molecule has 0 amide bonds. The first-order valence-electron chi connectivity index (χ1n) is 1.70. The van der Waals surface area contributed by atoms with Crippen molar-refractivity contribution >= 4 is 78.3 Å². The highest BCUT2D eigenvalue weighted by molar-refractivity contribution is 9.30. The second-order valence-electron chi connectivity index (χ2n) is 1.13. The third-order valence-electron chi connectivity index (χ3n) is 0.228. The fourth-order valence-electron chi connectivity index (χ4n) is 0.0868. The lowest BCUT2D eigenvalue weighted by atomic mass is 15.9. The van der Waals surface area contributed by atoms with Crippen LogP contribution in [0.15, 0.2) is 0 Å². The molecule has 0 aromatic heterocycles. The zero-order chi connectivity index (χ0) is 8.41. The van der Waals surface area contributed by atoms with Gasteiger partial charge in [0.1, 0.15) is 0 Å². The first-order chi connectivity index (χ1) is 4.21. The molecule has 0 bridgehead atoms. The van der Waals surface area contributed by atoms with Crippen molar-refractivity contribution in [1.29, 1.82) is 0 Å². The van der Waals surface area contributed by atoms with E-state index in [0.29, 0.717) is 0 Å². The Bertz CT molecular complexity index is 164. The molecule has 0 aliphatic rings. The predicted octanol–water partition coefficient (Wildman–Crippen LogP) is 2.66.